The van der Waals surface area contributed by atoms with Crippen LogP contribution in [-0.2, 0) is 19.1 Å². The number of carbonyl (C=O) groups is 4. The number of hydrogen-bond donors (Lipinski definition) is 1. The molecular formula is C32H43N5O7S. The van der Waals surface area contributed by atoms with Crippen LogP contribution in [-0.4, -0.2) is 106 Å². The second-order valence-electron chi connectivity index (χ2n) is 11.9. The molecule has 2 saturated heterocycles. The number of ether oxygens (including phenoxy) is 3. The smallest absolute Gasteiger partial charge is 0.409 e. The monoisotopic (exact) mass is 641 g/mol. The van der Waals surface area contributed by atoms with E-state index in [1.165, 1.54) is 6.07 Å². The fraction of sp³-hybridized carbons (Fsp3) is 0.562. The van der Waals surface area contributed by atoms with Crippen molar-refractivity contribution in [3.8, 4) is 17.3 Å². The van der Waals surface area contributed by atoms with E-state index < -0.39 is 29.6 Å². The molecule has 13 heteroatoms. The van der Waals surface area contributed by atoms with Gasteiger partial charge in [0, 0.05) is 44.2 Å². The predicted octanol–water partition coefficient (Wildman–Crippen LogP) is 3.94. The zero-order valence-electron chi connectivity index (χ0n) is 26.5. The molecule has 1 aromatic heterocycles. The van der Waals surface area contributed by atoms with Crippen molar-refractivity contribution < 1.29 is 33.4 Å². The normalized spacial score (nSPS) is 16.4. The molecule has 1 atom stereocenters. The third kappa shape index (κ3) is 10.3. The molecule has 3 amide bonds. The number of benzene rings is 1. The summed E-state index contributed by atoms with van der Waals surface area (Å²) in [6.07, 6.45) is 1.25. The van der Waals surface area contributed by atoms with Gasteiger partial charge in [-0.1, -0.05) is 30.3 Å². The lowest BCUT2D eigenvalue weighted by atomic mass is 10.1. The maximum Gasteiger partial charge on any atom is 0.409 e. The van der Waals surface area contributed by atoms with Crippen LogP contribution in [0.5, 0.6) is 5.88 Å². The quantitative estimate of drug-likeness (QED) is 0.380. The topological polar surface area (TPSA) is 140 Å². The first-order valence-corrected chi connectivity index (χ1v) is 16.6. The molecule has 0 radical (unpaired) electrons. The van der Waals surface area contributed by atoms with Crippen LogP contribution in [0.15, 0.2) is 36.4 Å². The molecule has 1 N–H and O–H groups in total. The summed E-state index contributed by atoms with van der Waals surface area (Å²) in [5.74, 6) is 1.17. The molecule has 12 nitrogen and oxygen atoms in total. The number of esters is 1. The number of nitrogens with zero attached hydrogens (tertiary/aromatic N) is 4. The molecule has 1 unspecified atom stereocenters. The van der Waals surface area contributed by atoms with Crippen molar-refractivity contribution in [1.82, 2.24) is 25.1 Å². The SMILES string of the molecule is CCOC(=O)N1CCN(C(=O)C(CCC(=O)OC(C)(C)C)NC(=O)c2cc(OC3CCSCC3)nc(-c3ccccc3)n2)CC1. The molecule has 0 bridgehead atoms. The van der Waals surface area contributed by atoms with Gasteiger partial charge >= 0.3 is 12.1 Å². The highest BCUT2D eigenvalue weighted by Gasteiger charge is 2.32. The summed E-state index contributed by atoms with van der Waals surface area (Å²) in [7, 11) is 0. The Morgan fingerprint density at radius 1 is 1.00 bits per heavy atom. The molecular weight excluding hydrogens is 598 g/mol. The number of amides is 3. The maximum absolute atomic E-state index is 13.7. The third-order valence-electron chi connectivity index (χ3n) is 7.20. The van der Waals surface area contributed by atoms with Crippen LogP contribution >= 0.6 is 11.8 Å². The number of rotatable bonds is 10. The van der Waals surface area contributed by atoms with Gasteiger partial charge in [0.25, 0.3) is 5.91 Å². The summed E-state index contributed by atoms with van der Waals surface area (Å²) in [6.45, 7) is 8.42. The van der Waals surface area contributed by atoms with Gasteiger partial charge in [0.1, 0.15) is 23.4 Å². The average molecular weight is 642 g/mol. The second kappa shape index (κ2) is 15.9. The van der Waals surface area contributed by atoms with Gasteiger partial charge in [-0.2, -0.15) is 16.7 Å². The van der Waals surface area contributed by atoms with E-state index in [1.54, 1.807) is 37.5 Å². The van der Waals surface area contributed by atoms with Crippen molar-refractivity contribution in [2.24, 2.45) is 0 Å². The van der Waals surface area contributed by atoms with E-state index in [9.17, 15) is 19.2 Å². The van der Waals surface area contributed by atoms with Crippen LogP contribution in [0.25, 0.3) is 11.4 Å². The minimum atomic E-state index is -1.03. The molecule has 1 aromatic carbocycles. The average Bonchev–Trinajstić information content (AvgIpc) is 3.02. The van der Waals surface area contributed by atoms with Crippen LogP contribution in [0, 0.1) is 0 Å². The van der Waals surface area contributed by atoms with Gasteiger partial charge in [-0.3, -0.25) is 14.4 Å². The number of aromatic nitrogens is 2. The molecule has 244 valence electrons. The number of piperazine rings is 1. The summed E-state index contributed by atoms with van der Waals surface area (Å²) in [5, 5.41) is 2.82. The van der Waals surface area contributed by atoms with Crippen molar-refractivity contribution >= 4 is 35.6 Å². The molecule has 0 saturated carbocycles. The highest BCUT2D eigenvalue weighted by molar-refractivity contribution is 7.99. The Balaban J connectivity index is 1.54. The van der Waals surface area contributed by atoms with Crippen molar-refractivity contribution in [3.63, 3.8) is 0 Å². The highest BCUT2D eigenvalue weighted by Crippen LogP contribution is 2.25. The number of hydrogen-bond acceptors (Lipinski definition) is 10. The fourth-order valence-corrected chi connectivity index (χ4v) is 6.03. The van der Waals surface area contributed by atoms with Gasteiger partial charge in [-0.25, -0.2) is 9.78 Å². The van der Waals surface area contributed by atoms with Crippen molar-refractivity contribution in [3.05, 3.63) is 42.1 Å². The van der Waals surface area contributed by atoms with Gasteiger partial charge in [-0.05, 0) is 58.5 Å². The predicted molar refractivity (Wildman–Crippen MR) is 170 cm³/mol. The first kappa shape index (κ1) is 34.0. The standard InChI is InChI=1S/C32H43N5O7S/c1-5-42-31(41)37-17-15-36(16-18-37)30(40)24(11-12-27(38)44-32(2,3)4)34-29(39)25-21-26(43-23-13-19-45-20-14-23)35-28(33-25)22-9-7-6-8-10-22/h6-10,21,23-24H,5,11-20H2,1-4H3,(H,34,39). The van der Waals surface area contributed by atoms with Crippen molar-refractivity contribution in [2.45, 2.75) is 71.1 Å². The van der Waals surface area contributed by atoms with Gasteiger partial charge < -0.3 is 29.3 Å². The first-order chi connectivity index (χ1) is 21.5. The lowest BCUT2D eigenvalue weighted by molar-refractivity contribution is -0.155. The van der Waals surface area contributed by atoms with Crippen LogP contribution in [0.4, 0.5) is 4.79 Å². The van der Waals surface area contributed by atoms with Gasteiger partial charge in [0.2, 0.25) is 11.8 Å². The van der Waals surface area contributed by atoms with Gasteiger partial charge in [0.05, 0.1) is 6.61 Å². The van der Waals surface area contributed by atoms with Crippen molar-refractivity contribution in [2.75, 3.05) is 44.3 Å². The van der Waals surface area contributed by atoms with Gasteiger partial charge in [-0.15, -0.1) is 0 Å². The largest absolute Gasteiger partial charge is 0.474 e. The van der Waals surface area contributed by atoms with Crippen molar-refractivity contribution in [1.29, 1.82) is 0 Å². The number of thioether (sulfide) groups is 1. The minimum Gasteiger partial charge on any atom is -0.474 e. The zero-order valence-corrected chi connectivity index (χ0v) is 27.3. The number of nitrogens with one attached hydrogen (secondary N) is 1. The summed E-state index contributed by atoms with van der Waals surface area (Å²) in [5.41, 5.74) is 0.0744. The van der Waals surface area contributed by atoms with Crippen LogP contribution in [0.1, 0.15) is 63.9 Å². The van der Waals surface area contributed by atoms with E-state index in [-0.39, 0.29) is 56.1 Å². The lowest BCUT2D eigenvalue weighted by Gasteiger charge is -2.36. The minimum absolute atomic E-state index is 0.0166. The Hall–Kier alpha value is -3.87. The molecule has 4 rings (SSSR count). The summed E-state index contributed by atoms with van der Waals surface area (Å²) in [4.78, 5) is 64.5. The molecule has 2 fully saturated rings. The van der Waals surface area contributed by atoms with Crippen LogP contribution < -0.4 is 10.1 Å². The van der Waals surface area contributed by atoms with Gasteiger partial charge in [0.15, 0.2) is 5.82 Å². The Morgan fingerprint density at radius 2 is 1.67 bits per heavy atom. The second-order valence-corrected chi connectivity index (χ2v) is 13.1. The zero-order chi connectivity index (χ0) is 32.4. The Kier molecular flexibility index (Phi) is 12.0. The first-order valence-electron chi connectivity index (χ1n) is 15.4. The third-order valence-corrected chi connectivity index (χ3v) is 8.25. The molecule has 2 aromatic rings. The summed E-state index contributed by atoms with van der Waals surface area (Å²) in [6, 6.07) is 9.76. The molecule has 2 aliphatic heterocycles. The van der Waals surface area contributed by atoms with E-state index in [0.29, 0.717) is 24.5 Å². The molecule has 2 aliphatic rings. The van der Waals surface area contributed by atoms with E-state index in [4.69, 9.17) is 14.2 Å². The lowest BCUT2D eigenvalue weighted by Crippen LogP contribution is -2.56. The Labute approximate surface area is 268 Å². The summed E-state index contributed by atoms with van der Waals surface area (Å²) >= 11 is 1.88. The Bertz CT molecular complexity index is 1320. The summed E-state index contributed by atoms with van der Waals surface area (Å²) < 4.78 is 16.7. The van der Waals surface area contributed by atoms with Crippen LogP contribution in [0.2, 0.25) is 0 Å². The molecule has 45 heavy (non-hydrogen) atoms. The highest BCUT2D eigenvalue weighted by atomic mass is 32.2. The van der Waals surface area contributed by atoms with Crippen LogP contribution in [0.3, 0.4) is 0 Å². The molecule has 3 heterocycles. The number of carbonyl (C=O) groups excluding carboxylic acids is 4. The molecule has 0 spiro atoms. The molecule has 0 aliphatic carbocycles. The maximum atomic E-state index is 13.7. The fourth-order valence-electron chi connectivity index (χ4n) is 4.97. The Morgan fingerprint density at radius 3 is 2.31 bits per heavy atom. The van der Waals surface area contributed by atoms with E-state index in [1.807, 2.05) is 42.1 Å². The van der Waals surface area contributed by atoms with E-state index >= 15 is 0 Å². The van der Waals surface area contributed by atoms with E-state index in [2.05, 4.69) is 15.3 Å². The van der Waals surface area contributed by atoms with E-state index in [0.717, 1.165) is 24.3 Å².